The number of rotatable bonds is 2. The summed E-state index contributed by atoms with van der Waals surface area (Å²) in [6.45, 7) is 1.68. The molecule has 0 spiro atoms. The van der Waals surface area contributed by atoms with Crippen molar-refractivity contribution in [3.05, 3.63) is 15.6 Å². The van der Waals surface area contributed by atoms with Crippen LogP contribution in [0.4, 0.5) is 13.2 Å². The largest absolute Gasteiger partial charge is 0.443 e. The molecule has 6 heteroatoms. The van der Waals surface area contributed by atoms with E-state index in [9.17, 15) is 18.0 Å². The lowest BCUT2D eigenvalue weighted by Crippen LogP contribution is -2.03. The Morgan fingerprint density at radius 3 is 2.46 bits per heavy atom. The Labute approximate surface area is 76.4 Å². The maximum atomic E-state index is 12.1. The van der Waals surface area contributed by atoms with Crippen molar-refractivity contribution in [2.24, 2.45) is 0 Å². The van der Waals surface area contributed by atoms with Crippen LogP contribution in [-0.2, 0) is 12.6 Å². The SMILES string of the molecule is CCc1sc(C(F)(F)F)nc1C=O. The zero-order valence-corrected chi connectivity index (χ0v) is 7.50. The second kappa shape index (κ2) is 3.45. The van der Waals surface area contributed by atoms with Crippen LogP contribution in [0.5, 0.6) is 0 Å². The van der Waals surface area contributed by atoms with Crippen molar-refractivity contribution < 1.29 is 18.0 Å². The van der Waals surface area contributed by atoms with E-state index in [1.54, 1.807) is 6.92 Å². The van der Waals surface area contributed by atoms with Gasteiger partial charge in [-0.25, -0.2) is 4.98 Å². The van der Waals surface area contributed by atoms with E-state index >= 15 is 0 Å². The summed E-state index contributed by atoms with van der Waals surface area (Å²) in [6.07, 6.45) is -3.71. The monoisotopic (exact) mass is 209 g/mol. The summed E-state index contributed by atoms with van der Waals surface area (Å²) in [4.78, 5) is 13.9. The standard InChI is InChI=1S/C7H6F3NOS/c1-2-5-4(3-12)11-6(13-5)7(8,9)10/h3H,2H2,1H3. The van der Waals surface area contributed by atoms with E-state index in [1.165, 1.54) is 0 Å². The molecule has 1 aromatic rings. The maximum Gasteiger partial charge on any atom is 0.443 e. The van der Waals surface area contributed by atoms with Gasteiger partial charge < -0.3 is 0 Å². The van der Waals surface area contributed by atoms with Gasteiger partial charge in [-0.3, -0.25) is 4.79 Å². The first kappa shape index (κ1) is 10.2. The molecule has 13 heavy (non-hydrogen) atoms. The van der Waals surface area contributed by atoms with Crippen molar-refractivity contribution in [2.45, 2.75) is 19.5 Å². The lowest BCUT2D eigenvalue weighted by molar-refractivity contribution is -0.137. The average Bonchev–Trinajstić information content (AvgIpc) is 2.45. The number of hydrogen-bond acceptors (Lipinski definition) is 3. The highest BCUT2D eigenvalue weighted by Crippen LogP contribution is 2.33. The molecule has 0 atom stereocenters. The van der Waals surface area contributed by atoms with Crippen LogP contribution in [0.2, 0.25) is 0 Å². The van der Waals surface area contributed by atoms with Gasteiger partial charge in [-0.05, 0) is 6.42 Å². The smallest absolute Gasteiger partial charge is 0.296 e. The Morgan fingerprint density at radius 1 is 1.54 bits per heavy atom. The average molecular weight is 209 g/mol. The summed E-state index contributed by atoms with van der Waals surface area (Å²) < 4.78 is 36.3. The molecule has 0 saturated carbocycles. The summed E-state index contributed by atoms with van der Waals surface area (Å²) in [5, 5.41) is -0.952. The van der Waals surface area contributed by atoms with E-state index in [0.717, 1.165) is 0 Å². The topological polar surface area (TPSA) is 30.0 Å². The fourth-order valence-corrected chi connectivity index (χ4v) is 1.67. The maximum absolute atomic E-state index is 12.1. The second-order valence-corrected chi connectivity index (χ2v) is 3.38. The van der Waals surface area contributed by atoms with Gasteiger partial charge in [0.2, 0.25) is 0 Å². The van der Waals surface area contributed by atoms with Gasteiger partial charge >= 0.3 is 6.18 Å². The van der Waals surface area contributed by atoms with Crippen LogP contribution in [0.25, 0.3) is 0 Å². The molecule has 0 unspecified atom stereocenters. The van der Waals surface area contributed by atoms with Crippen molar-refractivity contribution in [1.82, 2.24) is 4.98 Å². The van der Waals surface area contributed by atoms with Crippen LogP contribution in [0.3, 0.4) is 0 Å². The summed E-state index contributed by atoms with van der Waals surface area (Å²) >= 11 is 0.524. The number of aromatic nitrogens is 1. The third-order valence-corrected chi connectivity index (χ3v) is 2.66. The molecule has 1 aromatic heterocycles. The van der Waals surface area contributed by atoms with E-state index < -0.39 is 11.2 Å². The predicted molar refractivity (Wildman–Crippen MR) is 41.9 cm³/mol. The van der Waals surface area contributed by atoms with E-state index in [-0.39, 0.29) is 5.69 Å². The Bertz CT molecular complexity index is 318. The van der Waals surface area contributed by atoms with Crippen molar-refractivity contribution in [1.29, 1.82) is 0 Å². The summed E-state index contributed by atoms with van der Waals surface area (Å²) in [5.74, 6) is 0. The van der Waals surface area contributed by atoms with Crippen molar-refractivity contribution >= 4 is 17.6 Å². The van der Waals surface area contributed by atoms with Crippen LogP contribution in [0, 0.1) is 0 Å². The van der Waals surface area contributed by atoms with Crippen LogP contribution in [-0.4, -0.2) is 11.3 Å². The van der Waals surface area contributed by atoms with E-state index in [2.05, 4.69) is 4.98 Å². The molecule has 72 valence electrons. The van der Waals surface area contributed by atoms with Gasteiger partial charge in [-0.15, -0.1) is 11.3 Å². The highest BCUT2D eigenvalue weighted by Gasteiger charge is 2.35. The number of aryl methyl sites for hydroxylation is 1. The first-order chi connectivity index (χ1) is 5.99. The molecule has 0 aliphatic carbocycles. The molecule has 0 bridgehead atoms. The minimum absolute atomic E-state index is 0.0974. The molecule has 0 radical (unpaired) electrons. The highest BCUT2D eigenvalue weighted by molar-refractivity contribution is 7.12. The lowest BCUT2D eigenvalue weighted by Gasteiger charge is -1.98. The minimum atomic E-state index is -4.45. The van der Waals surface area contributed by atoms with Gasteiger partial charge in [-0.1, -0.05) is 6.92 Å². The molecule has 0 amide bonds. The van der Waals surface area contributed by atoms with Crippen molar-refractivity contribution in [2.75, 3.05) is 0 Å². The number of hydrogen-bond donors (Lipinski definition) is 0. The Hall–Kier alpha value is -0.910. The lowest BCUT2D eigenvalue weighted by atomic mass is 10.3. The third kappa shape index (κ3) is 2.06. The van der Waals surface area contributed by atoms with Gasteiger partial charge in [0.1, 0.15) is 5.69 Å². The molecule has 2 nitrogen and oxygen atoms in total. The fraction of sp³-hybridized carbons (Fsp3) is 0.429. The zero-order valence-electron chi connectivity index (χ0n) is 6.68. The van der Waals surface area contributed by atoms with E-state index in [0.29, 0.717) is 28.9 Å². The van der Waals surface area contributed by atoms with Gasteiger partial charge in [0, 0.05) is 4.88 Å². The molecule has 1 rings (SSSR count). The zero-order chi connectivity index (χ0) is 10.1. The predicted octanol–water partition coefficient (Wildman–Crippen LogP) is 2.54. The van der Waals surface area contributed by atoms with Crippen molar-refractivity contribution in [3.8, 4) is 0 Å². The highest BCUT2D eigenvalue weighted by atomic mass is 32.1. The summed E-state index contributed by atoms with van der Waals surface area (Å²) in [6, 6.07) is 0. The fourth-order valence-electron chi connectivity index (χ4n) is 0.830. The van der Waals surface area contributed by atoms with E-state index in [4.69, 9.17) is 0 Å². The van der Waals surface area contributed by atoms with Gasteiger partial charge in [0.25, 0.3) is 0 Å². The number of carbonyl (C=O) groups excluding carboxylic acids is 1. The summed E-state index contributed by atoms with van der Waals surface area (Å²) in [7, 11) is 0. The molecule has 0 N–H and O–H groups in total. The Balaban J connectivity index is 3.14. The first-order valence-electron chi connectivity index (χ1n) is 3.51. The van der Waals surface area contributed by atoms with Crippen LogP contribution >= 0.6 is 11.3 Å². The number of aldehydes is 1. The van der Waals surface area contributed by atoms with Crippen LogP contribution in [0.1, 0.15) is 27.3 Å². The minimum Gasteiger partial charge on any atom is -0.296 e. The van der Waals surface area contributed by atoms with E-state index in [1.807, 2.05) is 0 Å². The van der Waals surface area contributed by atoms with Crippen LogP contribution < -0.4 is 0 Å². The molecule has 0 aliphatic rings. The number of alkyl halides is 3. The first-order valence-corrected chi connectivity index (χ1v) is 4.32. The number of carbonyl (C=O) groups is 1. The van der Waals surface area contributed by atoms with Gasteiger partial charge in [-0.2, -0.15) is 13.2 Å². The van der Waals surface area contributed by atoms with Crippen LogP contribution in [0.15, 0.2) is 0 Å². The Morgan fingerprint density at radius 2 is 2.15 bits per heavy atom. The molecule has 1 heterocycles. The van der Waals surface area contributed by atoms with Crippen molar-refractivity contribution in [3.63, 3.8) is 0 Å². The molecule has 0 aromatic carbocycles. The molecule has 0 fully saturated rings. The molecular weight excluding hydrogens is 203 g/mol. The number of halogens is 3. The molecular formula is C7H6F3NOS. The summed E-state index contributed by atoms with van der Waals surface area (Å²) in [5.41, 5.74) is -0.0974. The Kier molecular flexibility index (Phi) is 2.70. The third-order valence-electron chi connectivity index (χ3n) is 1.40. The van der Waals surface area contributed by atoms with Gasteiger partial charge in [0.15, 0.2) is 11.3 Å². The normalized spacial score (nSPS) is 11.7. The quantitative estimate of drug-likeness (QED) is 0.700. The van der Waals surface area contributed by atoms with Gasteiger partial charge in [0.05, 0.1) is 0 Å². The number of thiazole rings is 1. The molecule has 0 aliphatic heterocycles. The second-order valence-electron chi connectivity index (χ2n) is 2.30. The number of nitrogens with zero attached hydrogens (tertiary/aromatic N) is 1. The molecule has 0 saturated heterocycles.